The number of aromatic hydroxyl groups is 1. The molecule has 0 fully saturated rings. The van der Waals surface area contributed by atoms with Crippen molar-refractivity contribution in [3.8, 4) is 28.2 Å². The third-order valence-electron chi connectivity index (χ3n) is 5.73. The fourth-order valence-electron chi connectivity index (χ4n) is 4.06. The number of aryl methyl sites for hydroxylation is 3. The first-order valence-corrected chi connectivity index (χ1v) is 13.5. The number of fused-ring (bicyclic) bond motifs is 2. The second kappa shape index (κ2) is 14.2. The number of rotatable bonds is 2. The molecule has 0 aromatic heterocycles. The standard InChI is InChI=1S/C24H16Cl4O4.2C2H6.CH4O/c1-8-5-12-15(16-14(7-29)17(25)19(27)20(28)18(16)26)13-6-9(2)22(31)11(4)24(13)32-23(12)10(3)21(8)30;3*1-2/h5-7,30H,1-4H3;2*1-2H3;2H,1H3. The molecule has 38 heavy (non-hydrogen) atoms. The van der Waals surface area contributed by atoms with Crippen molar-refractivity contribution in [3.05, 3.63) is 70.3 Å². The highest BCUT2D eigenvalue weighted by molar-refractivity contribution is 6.54. The van der Waals surface area contributed by atoms with Gasteiger partial charge in [-0.1, -0.05) is 74.1 Å². The summed E-state index contributed by atoms with van der Waals surface area (Å²) in [5.74, 6) is 0.372. The van der Waals surface area contributed by atoms with Crippen molar-refractivity contribution in [2.24, 2.45) is 0 Å². The molecule has 9 heteroatoms. The van der Waals surface area contributed by atoms with Crippen LogP contribution in [-0.4, -0.2) is 23.6 Å². The van der Waals surface area contributed by atoms with Crippen molar-refractivity contribution in [2.45, 2.75) is 55.4 Å². The summed E-state index contributed by atoms with van der Waals surface area (Å²) in [6.45, 7) is 14.8. The number of halogens is 4. The van der Waals surface area contributed by atoms with E-state index in [1.165, 1.54) is 0 Å². The van der Waals surface area contributed by atoms with Crippen molar-refractivity contribution in [3.63, 3.8) is 0 Å². The Hall–Kier alpha value is -2.28. The molecule has 0 unspecified atom stereocenters. The first-order chi connectivity index (χ1) is 18.0. The average Bonchev–Trinajstić information content (AvgIpc) is 2.94. The highest BCUT2D eigenvalue weighted by atomic mass is 35.5. The fourth-order valence-corrected chi connectivity index (χ4v) is 5.07. The third-order valence-corrected chi connectivity index (χ3v) is 7.55. The van der Waals surface area contributed by atoms with E-state index in [2.05, 4.69) is 0 Å². The number of benzene rings is 3. The van der Waals surface area contributed by atoms with Crippen molar-refractivity contribution in [1.29, 1.82) is 0 Å². The predicted octanol–water partition coefficient (Wildman–Crippen LogP) is 9.59. The lowest BCUT2D eigenvalue weighted by Gasteiger charge is -2.22. The molecule has 206 valence electrons. The molecule has 0 radical (unpaired) electrons. The van der Waals surface area contributed by atoms with Crippen LogP contribution in [0, 0.1) is 27.7 Å². The maximum absolute atomic E-state index is 12.7. The molecule has 0 spiro atoms. The molecular formula is C29H32Cl4O5. The Balaban J connectivity index is 0.00000112. The number of aliphatic hydroxyl groups is 1. The van der Waals surface area contributed by atoms with E-state index in [4.69, 9.17) is 55.9 Å². The van der Waals surface area contributed by atoms with E-state index in [1.807, 2.05) is 27.7 Å². The Labute approximate surface area is 243 Å². The number of phenolic OH excluding ortho intramolecular Hbond substituents is 1. The molecule has 1 aliphatic heterocycles. The van der Waals surface area contributed by atoms with Crippen LogP contribution in [-0.2, 0) is 0 Å². The van der Waals surface area contributed by atoms with Gasteiger partial charge in [0.2, 0.25) is 0 Å². The quantitative estimate of drug-likeness (QED) is 0.103. The van der Waals surface area contributed by atoms with Crippen LogP contribution in [0.5, 0.6) is 5.75 Å². The minimum absolute atomic E-state index is 0.00198. The second-order valence-electron chi connectivity index (χ2n) is 7.71. The monoisotopic (exact) mass is 600 g/mol. The van der Waals surface area contributed by atoms with Gasteiger partial charge in [0.25, 0.3) is 0 Å². The SMILES string of the molecule is CC.CC.CO.Cc1cc2c(-c3c(Cl)c(Cl)c(Cl)c(Cl)c3C=O)c3cc(C)c(=O)c(C)c-3oc2c(C)c1O. The molecule has 0 atom stereocenters. The van der Waals surface area contributed by atoms with Gasteiger partial charge in [-0.15, -0.1) is 0 Å². The summed E-state index contributed by atoms with van der Waals surface area (Å²) in [4.78, 5) is 24.8. The smallest absolute Gasteiger partial charge is 0.188 e. The molecule has 4 rings (SSSR count). The van der Waals surface area contributed by atoms with Crippen LogP contribution < -0.4 is 5.43 Å². The molecular weight excluding hydrogens is 570 g/mol. The van der Waals surface area contributed by atoms with Gasteiger partial charge in [-0.3, -0.25) is 9.59 Å². The van der Waals surface area contributed by atoms with Crippen LogP contribution >= 0.6 is 46.4 Å². The van der Waals surface area contributed by atoms with E-state index in [-0.39, 0.29) is 42.4 Å². The Morgan fingerprint density at radius 3 is 1.82 bits per heavy atom. The summed E-state index contributed by atoms with van der Waals surface area (Å²) in [5, 5.41) is 18.1. The van der Waals surface area contributed by atoms with Crippen LogP contribution in [0.3, 0.4) is 0 Å². The van der Waals surface area contributed by atoms with E-state index in [0.29, 0.717) is 56.4 Å². The van der Waals surface area contributed by atoms with E-state index >= 15 is 0 Å². The average molecular weight is 602 g/mol. The molecule has 5 nitrogen and oxygen atoms in total. The summed E-state index contributed by atoms with van der Waals surface area (Å²) < 4.78 is 6.16. The van der Waals surface area contributed by atoms with E-state index in [0.717, 1.165) is 7.11 Å². The molecule has 0 saturated carbocycles. The Kier molecular flexibility index (Phi) is 12.6. The Morgan fingerprint density at radius 2 is 1.29 bits per heavy atom. The number of hydrogen-bond donors (Lipinski definition) is 2. The molecule has 1 aliphatic carbocycles. The van der Waals surface area contributed by atoms with Gasteiger partial charge in [0.15, 0.2) is 11.7 Å². The zero-order valence-corrected chi connectivity index (χ0v) is 25.9. The van der Waals surface area contributed by atoms with Crippen molar-refractivity contribution in [1.82, 2.24) is 0 Å². The lowest BCUT2D eigenvalue weighted by atomic mass is 9.87. The zero-order chi connectivity index (χ0) is 29.6. The molecule has 1 heterocycles. The summed E-state index contributed by atoms with van der Waals surface area (Å²) in [7, 11) is 1.00. The number of hydrogen-bond acceptors (Lipinski definition) is 5. The molecule has 0 amide bonds. The van der Waals surface area contributed by atoms with E-state index < -0.39 is 0 Å². The minimum atomic E-state index is -0.172. The molecule has 2 aliphatic rings. The van der Waals surface area contributed by atoms with Gasteiger partial charge in [-0.05, 0) is 51.0 Å². The largest absolute Gasteiger partial charge is 0.507 e. The molecule has 2 N–H and O–H groups in total. The van der Waals surface area contributed by atoms with Gasteiger partial charge in [-0.2, -0.15) is 0 Å². The number of aliphatic hydroxyl groups excluding tert-OH is 1. The number of aldehydes is 1. The maximum atomic E-state index is 12.7. The predicted molar refractivity (Wildman–Crippen MR) is 161 cm³/mol. The maximum Gasteiger partial charge on any atom is 0.188 e. The van der Waals surface area contributed by atoms with Crippen molar-refractivity contribution >= 4 is 63.7 Å². The Morgan fingerprint density at radius 1 is 0.763 bits per heavy atom. The number of carbonyl (C=O) groups excluding carboxylic acids is 1. The first kappa shape index (κ1) is 33.7. The van der Waals surface area contributed by atoms with Crippen LogP contribution in [0.1, 0.15) is 60.3 Å². The summed E-state index contributed by atoms with van der Waals surface area (Å²) in [6.07, 6.45) is 0.565. The number of phenols is 1. The minimum Gasteiger partial charge on any atom is -0.507 e. The number of carbonyl (C=O) groups is 1. The van der Waals surface area contributed by atoms with E-state index in [1.54, 1.807) is 39.8 Å². The van der Waals surface area contributed by atoms with Crippen LogP contribution in [0.15, 0.2) is 21.3 Å². The Bertz CT molecular complexity index is 1510. The van der Waals surface area contributed by atoms with Gasteiger partial charge in [0.1, 0.15) is 17.1 Å². The summed E-state index contributed by atoms with van der Waals surface area (Å²) in [6, 6.07) is 3.41. The second-order valence-corrected chi connectivity index (χ2v) is 9.22. The first-order valence-electron chi connectivity index (χ1n) is 12.0. The molecule has 2 aromatic carbocycles. The third kappa shape index (κ3) is 5.68. The van der Waals surface area contributed by atoms with Gasteiger partial charge < -0.3 is 14.6 Å². The van der Waals surface area contributed by atoms with Crippen molar-refractivity contribution in [2.75, 3.05) is 7.11 Å². The normalized spacial score (nSPS) is 10.2. The van der Waals surface area contributed by atoms with Gasteiger partial charge in [0, 0.05) is 45.9 Å². The lowest BCUT2D eigenvalue weighted by molar-refractivity contribution is 0.112. The summed E-state index contributed by atoms with van der Waals surface area (Å²) >= 11 is 25.6. The highest BCUT2D eigenvalue weighted by Gasteiger charge is 2.29. The van der Waals surface area contributed by atoms with Crippen LogP contribution in [0.25, 0.3) is 33.4 Å². The van der Waals surface area contributed by atoms with Crippen molar-refractivity contribution < 1.29 is 19.4 Å². The van der Waals surface area contributed by atoms with Crippen LogP contribution in [0.4, 0.5) is 0 Å². The zero-order valence-electron chi connectivity index (χ0n) is 22.9. The van der Waals surface area contributed by atoms with Gasteiger partial charge in [0.05, 0.1) is 20.1 Å². The lowest BCUT2D eigenvalue weighted by Crippen LogP contribution is -2.12. The molecule has 2 aromatic rings. The summed E-state index contributed by atoms with van der Waals surface area (Å²) in [5.41, 5.74) is 3.51. The fraction of sp³-hybridized carbons (Fsp3) is 0.310. The van der Waals surface area contributed by atoms with Gasteiger partial charge in [-0.25, -0.2) is 0 Å². The molecule has 0 saturated heterocycles. The van der Waals surface area contributed by atoms with Gasteiger partial charge >= 0.3 is 0 Å². The van der Waals surface area contributed by atoms with Crippen LogP contribution in [0.2, 0.25) is 20.1 Å². The van der Waals surface area contributed by atoms with E-state index in [9.17, 15) is 14.7 Å². The highest BCUT2D eigenvalue weighted by Crippen LogP contribution is 2.51. The topological polar surface area (TPSA) is 87.7 Å². The molecule has 0 bridgehead atoms.